The Kier molecular flexibility index (Phi) is 5.09. The highest BCUT2D eigenvalue weighted by molar-refractivity contribution is 6.03. The number of aromatic nitrogens is 1. The van der Waals surface area contributed by atoms with Gasteiger partial charge in [0.2, 0.25) is 0 Å². The Bertz CT molecular complexity index is 858. The second kappa shape index (κ2) is 7.62. The second-order valence-corrected chi connectivity index (χ2v) is 5.84. The fourth-order valence-electron chi connectivity index (χ4n) is 2.67. The van der Waals surface area contributed by atoms with Gasteiger partial charge in [0.25, 0.3) is 5.91 Å². The standard InChI is InChI=1S/C21H21N3O/c1-3-16-9-7-8-15(2)20(16)24-21(25)19-13-12-18(14-22-19)23-17-10-5-4-6-11-17/h4-14,23H,3H2,1-2H3,(H,24,25). The van der Waals surface area contributed by atoms with Gasteiger partial charge in [0, 0.05) is 11.4 Å². The van der Waals surface area contributed by atoms with Crippen LogP contribution in [0.4, 0.5) is 17.1 Å². The van der Waals surface area contributed by atoms with Crippen molar-refractivity contribution < 1.29 is 4.79 Å². The van der Waals surface area contributed by atoms with Crippen molar-refractivity contribution in [2.75, 3.05) is 10.6 Å². The maximum Gasteiger partial charge on any atom is 0.274 e. The molecule has 3 rings (SSSR count). The highest BCUT2D eigenvalue weighted by atomic mass is 16.1. The molecule has 1 aromatic heterocycles. The predicted molar refractivity (Wildman–Crippen MR) is 102 cm³/mol. The molecule has 0 spiro atoms. The van der Waals surface area contributed by atoms with Crippen molar-refractivity contribution in [1.82, 2.24) is 4.98 Å². The zero-order chi connectivity index (χ0) is 17.6. The number of nitrogens with one attached hydrogen (secondary N) is 2. The average Bonchev–Trinajstić information content (AvgIpc) is 2.64. The van der Waals surface area contributed by atoms with Gasteiger partial charge < -0.3 is 10.6 Å². The van der Waals surface area contributed by atoms with Crippen LogP contribution >= 0.6 is 0 Å². The molecule has 1 heterocycles. The number of rotatable bonds is 5. The maximum atomic E-state index is 12.5. The number of anilines is 3. The molecule has 1 amide bonds. The SMILES string of the molecule is CCc1cccc(C)c1NC(=O)c1ccc(Nc2ccccc2)cn1. The second-order valence-electron chi connectivity index (χ2n) is 5.84. The summed E-state index contributed by atoms with van der Waals surface area (Å²) < 4.78 is 0. The number of aryl methyl sites for hydroxylation is 2. The number of para-hydroxylation sites is 2. The van der Waals surface area contributed by atoms with E-state index in [0.717, 1.165) is 34.6 Å². The van der Waals surface area contributed by atoms with Crippen LogP contribution in [0.25, 0.3) is 0 Å². The Morgan fingerprint density at radius 2 is 1.76 bits per heavy atom. The Labute approximate surface area is 147 Å². The van der Waals surface area contributed by atoms with E-state index in [4.69, 9.17) is 0 Å². The van der Waals surface area contributed by atoms with Gasteiger partial charge in [-0.2, -0.15) is 0 Å². The lowest BCUT2D eigenvalue weighted by atomic mass is 10.1. The molecule has 0 aliphatic rings. The first-order valence-corrected chi connectivity index (χ1v) is 8.35. The first-order chi connectivity index (χ1) is 12.2. The van der Waals surface area contributed by atoms with Crippen LogP contribution in [0.5, 0.6) is 0 Å². The molecule has 126 valence electrons. The lowest BCUT2D eigenvalue weighted by molar-refractivity contribution is 0.102. The van der Waals surface area contributed by atoms with Gasteiger partial charge in [-0.15, -0.1) is 0 Å². The minimum atomic E-state index is -0.199. The molecule has 0 atom stereocenters. The average molecular weight is 331 g/mol. The van der Waals surface area contributed by atoms with Crippen LogP contribution in [0.2, 0.25) is 0 Å². The lowest BCUT2D eigenvalue weighted by Gasteiger charge is -2.13. The fraction of sp³-hybridized carbons (Fsp3) is 0.143. The summed E-state index contributed by atoms with van der Waals surface area (Å²) in [6.45, 7) is 4.07. The van der Waals surface area contributed by atoms with Gasteiger partial charge in [-0.3, -0.25) is 4.79 Å². The Hall–Kier alpha value is -3.14. The third-order valence-electron chi connectivity index (χ3n) is 4.04. The molecule has 0 unspecified atom stereocenters. The van der Waals surface area contributed by atoms with Crippen LogP contribution in [0.1, 0.15) is 28.5 Å². The van der Waals surface area contributed by atoms with E-state index in [0.29, 0.717) is 5.69 Å². The largest absolute Gasteiger partial charge is 0.354 e. The monoisotopic (exact) mass is 331 g/mol. The van der Waals surface area contributed by atoms with Crippen molar-refractivity contribution in [3.63, 3.8) is 0 Å². The molecule has 2 N–H and O–H groups in total. The van der Waals surface area contributed by atoms with E-state index < -0.39 is 0 Å². The molecule has 25 heavy (non-hydrogen) atoms. The molecule has 0 bridgehead atoms. The zero-order valence-corrected chi connectivity index (χ0v) is 14.4. The van der Waals surface area contributed by atoms with Crippen LogP contribution in [0.15, 0.2) is 66.9 Å². The molecule has 4 heteroatoms. The Balaban J connectivity index is 1.73. The number of nitrogens with zero attached hydrogens (tertiary/aromatic N) is 1. The van der Waals surface area contributed by atoms with E-state index in [1.807, 2.05) is 61.5 Å². The van der Waals surface area contributed by atoms with Gasteiger partial charge in [-0.25, -0.2) is 4.98 Å². The van der Waals surface area contributed by atoms with E-state index in [1.165, 1.54) is 0 Å². The minimum Gasteiger partial charge on any atom is -0.354 e. The highest BCUT2D eigenvalue weighted by Gasteiger charge is 2.11. The van der Waals surface area contributed by atoms with Crippen LogP contribution in [0, 0.1) is 6.92 Å². The number of benzene rings is 2. The molecule has 0 aliphatic carbocycles. The summed E-state index contributed by atoms with van der Waals surface area (Å²) in [5, 5.41) is 6.25. The number of carbonyl (C=O) groups is 1. The smallest absolute Gasteiger partial charge is 0.274 e. The normalized spacial score (nSPS) is 10.3. The third-order valence-corrected chi connectivity index (χ3v) is 4.04. The van der Waals surface area contributed by atoms with Crippen LogP contribution in [-0.4, -0.2) is 10.9 Å². The van der Waals surface area contributed by atoms with E-state index in [2.05, 4.69) is 22.5 Å². The quantitative estimate of drug-likeness (QED) is 0.695. The summed E-state index contributed by atoms with van der Waals surface area (Å²) in [6, 6.07) is 19.5. The molecule has 4 nitrogen and oxygen atoms in total. The highest BCUT2D eigenvalue weighted by Crippen LogP contribution is 2.22. The fourth-order valence-corrected chi connectivity index (χ4v) is 2.67. The van der Waals surface area contributed by atoms with Crippen LogP contribution in [-0.2, 0) is 6.42 Å². The Morgan fingerprint density at radius 3 is 2.44 bits per heavy atom. The predicted octanol–water partition coefficient (Wildman–Crippen LogP) is 4.95. The van der Waals surface area contributed by atoms with Crippen molar-refractivity contribution in [2.45, 2.75) is 20.3 Å². The summed E-state index contributed by atoms with van der Waals surface area (Å²) in [6.07, 6.45) is 2.53. The van der Waals surface area contributed by atoms with E-state index >= 15 is 0 Å². The van der Waals surface area contributed by atoms with Gasteiger partial charge in [-0.05, 0) is 48.7 Å². The molecule has 0 saturated heterocycles. The first-order valence-electron chi connectivity index (χ1n) is 8.35. The number of amides is 1. The summed E-state index contributed by atoms with van der Waals surface area (Å²) in [4.78, 5) is 16.8. The summed E-state index contributed by atoms with van der Waals surface area (Å²) in [7, 11) is 0. The molecule has 3 aromatic rings. The van der Waals surface area contributed by atoms with Gasteiger partial charge in [0.1, 0.15) is 5.69 Å². The van der Waals surface area contributed by atoms with Crippen molar-refractivity contribution in [3.8, 4) is 0 Å². The molecular formula is C21H21N3O. The molecular weight excluding hydrogens is 310 g/mol. The molecule has 0 saturated carbocycles. The van der Waals surface area contributed by atoms with Gasteiger partial charge in [-0.1, -0.05) is 43.3 Å². The summed E-state index contributed by atoms with van der Waals surface area (Å²) in [5.74, 6) is -0.199. The first kappa shape index (κ1) is 16.7. The number of hydrogen-bond acceptors (Lipinski definition) is 3. The molecule has 0 fully saturated rings. The van der Waals surface area contributed by atoms with E-state index in [9.17, 15) is 4.79 Å². The minimum absolute atomic E-state index is 0.199. The third kappa shape index (κ3) is 4.04. The van der Waals surface area contributed by atoms with Crippen molar-refractivity contribution in [1.29, 1.82) is 0 Å². The van der Waals surface area contributed by atoms with Gasteiger partial charge in [0.05, 0.1) is 11.9 Å². The van der Waals surface area contributed by atoms with Gasteiger partial charge in [0.15, 0.2) is 0 Å². The number of carbonyl (C=O) groups excluding carboxylic acids is 1. The topological polar surface area (TPSA) is 54.0 Å². The van der Waals surface area contributed by atoms with Crippen molar-refractivity contribution in [3.05, 3.63) is 83.7 Å². The van der Waals surface area contributed by atoms with Gasteiger partial charge >= 0.3 is 0 Å². The molecule has 2 aromatic carbocycles. The summed E-state index contributed by atoms with van der Waals surface area (Å²) >= 11 is 0. The van der Waals surface area contributed by atoms with E-state index in [1.54, 1.807) is 12.3 Å². The number of pyridine rings is 1. The summed E-state index contributed by atoms with van der Waals surface area (Å²) in [5.41, 5.74) is 5.26. The molecule has 0 aliphatic heterocycles. The maximum absolute atomic E-state index is 12.5. The van der Waals surface area contributed by atoms with Crippen LogP contribution in [0.3, 0.4) is 0 Å². The zero-order valence-electron chi connectivity index (χ0n) is 14.4. The Morgan fingerprint density at radius 1 is 0.960 bits per heavy atom. The van der Waals surface area contributed by atoms with Crippen molar-refractivity contribution >= 4 is 23.0 Å². The molecule has 0 radical (unpaired) electrons. The van der Waals surface area contributed by atoms with Crippen molar-refractivity contribution in [2.24, 2.45) is 0 Å². The lowest BCUT2D eigenvalue weighted by Crippen LogP contribution is -2.15. The number of hydrogen-bond donors (Lipinski definition) is 2. The van der Waals surface area contributed by atoms with Crippen LogP contribution < -0.4 is 10.6 Å². The van der Waals surface area contributed by atoms with E-state index in [-0.39, 0.29) is 5.91 Å².